The number of benzene rings is 1. The van der Waals surface area contributed by atoms with Crippen molar-refractivity contribution in [2.75, 3.05) is 0 Å². The summed E-state index contributed by atoms with van der Waals surface area (Å²) in [6, 6.07) is 6.00. The van der Waals surface area contributed by atoms with Crippen molar-refractivity contribution in [3.05, 3.63) is 41.1 Å². The van der Waals surface area contributed by atoms with Crippen LogP contribution in [0.4, 0.5) is 13.2 Å². The van der Waals surface area contributed by atoms with Gasteiger partial charge in [-0.05, 0) is 24.1 Å². The number of halogens is 3. The molecule has 1 heterocycles. The number of aliphatic hydroxyl groups excluding tert-OH is 1. The van der Waals surface area contributed by atoms with Gasteiger partial charge in [0.15, 0.2) is 0 Å². The quantitative estimate of drug-likeness (QED) is 0.868. The molecule has 3 nitrogen and oxygen atoms in total. The second kappa shape index (κ2) is 4.45. The molecule has 0 aliphatic carbocycles. The lowest BCUT2D eigenvalue weighted by Gasteiger charge is -2.04. The number of alkyl halides is 3. The van der Waals surface area contributed by atoms with Crippen molar-refractivity contribution in [1.82, 2.24) is 10.2 Å². The fourth-order valence-electron chi connectivity index (χ4n) is 1.72. The Balaban J connectivity index is 2.40. The first-order valence-electron chi connectivity index (χ1n) is 5.25. The van der Waals surface area contributed by atoms with Gasteiger partial charge in [0.2, 0.25) is 0 Å². The first-order valence-corrected chi connectivity index (χ1v) is 5.25. The molecule has 0 unspecified atom stereocenters. The Morgan fingerprint density at radius 1 is 1.28 bits per heavy atom. The minimum Gasteiger partial charge on any atom is -0.392 e. The molecule has 18 heavy (non-hydrogen) atoms. The van der Waals surface area contributed by atoms with Gasteiger partial charge in [0, 0.05) is 5.56 Å². The molecule has 96 valence electrons. The standard InChI is InChI=1S/C12H11F3N2O/c1-7-4-8(6-18)2-3-9(7)10-5-11(17-16-10)12(13,14)15/h2-5,18H,6H2,1H3,(H,16,17). The largest absolute Gasteiger partial charge is 0.432 e. The molecular weight excluding hydrogens is 245 g/mol. The zero-order valence-electron chi connectivity index (χ0n) is 9.54. The minimum atomic E-state index is -4.43. The van der Waals surface area contributed by atoms with Crippen LogP contribution in [0, 0.1) is 6.92 Å². The smallest absolute Gasteiger partial charge is 0.392 e. The van der Waals surface area contributed by atoms with Gasteiger partial charge in [-0.3, -0.25) is 5.10 Å². The maximum Gasteiger partial charge on any atom is 0.432 e. The van der Waals surface area contributed by atoms with Gasteiger partial charge in [-0.1, -0.05) is 18.2 Å². The summed E-state index contributed by atoms with van der Waals surface area (Å²) in [5, 5.41) is 14.6. The van der Waals surface area contributed by atoms with Gasteiger partial charge in [-0.2, -0.15) is 18.3 Å². The van der Waals surface area contributed by atoms with E-state index in [0.717, 1.165) is 11.6 Å². The van der Waals surface area contributed by atoms with Crippen molar-refractivity contribution in [3.8, 4) is 11.3 Å². The molecule has 1 aromatic carbocycles. The van der Waals surface area contributed by atoms with E-state index < -0.39 is 11.9 Å². The normalized spacial score (nSPS) is 11.8. The topological polar surface area (TPSA) is 48.9 Å². The van der Waals surface area contributed by atoms with E-state index in [1.54, 1.807) is 25.1 Å². The first kappa shape index (κ1) is 12.6. The lowest BCUT2D eigenvalue weighted by molar-refractivity contribution is -0.141. The van der Waals surface area contributed by atoms with Crippen LogP contribution in [0.5, 0.6) is 0 Å². The summed E-state index contributed by atoms with van der Waals surface area (Å²) >= 11 is 0. The maximum absolute atomic E-state index is 12.4. The molecule has 0 saturated carbocycles. The third kappa shape index (κ3) is 2.38. The Kier molecular flexibility index (Phi) is 3.13. The van der Waals surface area contributed by atoms with Crippen molar-refractivity contribution in [3.63, 3.8) is 0 Å². The van der Waals surface area contributed by atoms with Crippen LogP contribution in [0.2, 0.25) is 0 Å². The van der Waals surface area contributed by atoms with E-state index in [1.165, 1.54) is 0 Å². The number of aliphatic hydroxyl groups is 1. The predicted octanol–water partition coefficient (Wildman–Crippen LogP) is 2.90. The van der Waals surface area contributed by atoms with Gasteiger partial charge in [0.1, 0.15) is 5.69 Å². The number of nitrogens with zero attached hydrogens (tertiary/aromatic N) is 1. The number of hydrogen-bond donors (Lipinski definition) is 2. The molecule has 0 bridgehead atoms. The average molecular weight is 256 g/mol. The molecule has 2 aromatic rings. The van der Waals surface area contributed by atoms with Crippen LogP contribution in [-0.4, -0.2) is 15.3 Å². The summed E-state index contributed by atoms with van der Waals surface area (Å²) in [7, 11) is 0. The van der Waals surface area contributed by atoms with E-state index >= 15 is 0 Å². The number of aromatic nitrogens is 2. The zero-order valence-corrected chi connectivity index (χ0v) is 9.54. The molecule has 6 heteroatoms. The van der Waals surface area contributed by atoms with E-state index in [1.807, 2.05) is 5.10 Å². The van der Waals surface area contributed by atoms with Crippen LogP contribution in [0.25, 0.3) is 11.3 Å². The Morgan fingerprint density at radius 2 is 2.00 bits per heavy atom. The van der Waals surface area contributed by atoms with Crippen molar-refractivity contribution in [2.24, 2.45) is 0 Å². The Morgan fingerprint density at radius 3 is 2.50 bits per heavy atom. The summed E-state index contributed by atoms with van der Waals surface area (Å²) in [6.45, 7) is 1.66. The minimum absolute atomic E-state index is 0.102. The fraction of sp³-hybridized carbons (Fsp3) is 0.250. The molecular formula is C12H11F3N2O. The summed E-state index contributed by atoms with van der Waals surface area (Å²) in [5.41, 5.74) is 1.45. The predicted molar refractivity (Wildman–Crippen MR) is 59.7 cm³/mol. The molecule has 0 aliphatic rings. The molecule has 0 saturated heterocycles. The maximum atomic E-state index is 12.4. The number of rotatable bonds is 2. The summed E-state index contributed by atoms with van der Waals surface area (Å²) in [6.07, 6.45) is -4.43. The summed E-state index contributed by atoms with van der Waals surface area (Å²) in [5.74, 6) is 0. The number of aryl methyl sites for hydroxylation is 1. The third-order valence-corrected chi connectivity index (χ3v) is 2.63. The van der Waals surface area contributed by atoms with Crippen molar-refractivity contribution in [1.29, 1.82) is 0 Å². The molecule has 0 radical (unpaired) electrons. The Labute approximate surface area is 101 Å². The van der Waals surface area contributed by atoms with Gasteiger partial charge in [-0.25, -0.2) is 0 Å². The molecule has 0 amide bonds. The van der Waals surface area contributed by atoms with E-state index in [2.05, 4.69) is 5.10 Å². The number of H-pyrrole nitrogens is 1. The van der Waals surface area contributed by atoms with Crippen molar-refractivity contribution in [2.45, 2.75) is 19.7 Å². The molecule has 2 N–H and O–H groups in total. The van der Waals surface area contributed by atoms with Crippen LogP contribution in [0.3, 0.4) is 0 Å². The second-order valence-corrected chi connectivity index (χ2v) is 3.97. The second-order valence-electron chi connectivity index (χ2n) is 3.97. The number of hydrogen-bond acceptors (Lipinski definition) is 2. The monoisotopic (exact) mass is 256 g/mol. The molecule has 2 rings (SSSR count). The number of nitrogens with one attached hydrogen (secondary N) is 1. The van der Waals surface area contributed by atoms with E-state index in [-0.39, 0.29) is 12.3 Å². The van der Waals surface area contributed by atoms with E-state index in [9.17, 15) is 13.2 Å². The molecule has 0 spiro atoms. The van der Waals surface area contributed by atoms with Crippen LogP contribution in [0.1, 0.15) is 16.8 Å². The highest BCUT2D eigenvalue weighted by atomic mass is 19.4. The van der Waals surface area contributed by atoms with Gasteiger partial charge in [-0.15, -0.1) is 0 Å². The molecule has 1 aromatic heterocycles. The Bertz CT molecular complexity index is 561. The highest BCUT2D eigenvalue weighted by Crippen LogP contribution is 2.31. The molecule has 0 aliphatic heterocycles. The fourth-order valence-corrected chi connectivity index (χ4v) is 1.72. The SMILES string of the molecule is Cc1cc(CO)ccc1-c1cc(C(F)(F)F)[nH]n1. The van der Waals surface area contributed by atoms with Gasteiger partial charge < -0.3 is 5.11 Å². The van der Waals surface area contributed by atoms with Crippen LogP contribution >= 0.6 is 0 Å². The average Bonchev–Trinajstić information content (AvgIpc) is 2.77. The van der Waals surface area contributed by atoms with Crippen LogP contribution in [-0.2, 0) is 12.8 Å². The highest BCUT2D eigenvalue weighted by molar-refractivity contribution is 5.64. The zero-order chi connectivity index (χ0) is 13.3. The van der Waals surface area contributed by atoms with E-state index in [4.69, 9.17) is 5.11 Å². The Hall–Kier alpha value is -1.82. The highest BCUT2D eigenvalue weighted by Gasteiger charge is 2.33. The van der Waals surface area contributed by atoms with Crippen molar-refractivity contribution >= 4 is 0 Å². The van der Waals surface area contributed by atoms with Crippen LogP contribution in [0.15, 0.2) is 24.3 Å². The van der Waals surface area contributed by atoms with Gasteiger partial charge >= 0.3 is 6.18 Å². The van der Waals surface area contributed by atoms with Crippen LogP contribution < -0.4 is 0 Å². The summed E-state index contributed by atoms with van der Waals surface area (Å²) in [4.78, 5) is 0. The third-order valence-electron chi connectivity index (χ3n) is 2.63. The van der Waals surface area contributed by atoms with Crippen molar-refractivity contribution < 1.29 is 18.3 Å². The molecule has 0 fully saturated rings. The first-order chi connectivity index (χ1) is 8.41. The number of aromatic amines is 1. The van der Waals surface area contributed by atoms with Gasteiger partial charge in [0.05, 0.1) is 12.3 Å². The summed E-state index contributed by atoms with van der Waals surface area (Å²) < 4.78 is 37.3. The lowest BCUT2D eigenvalue weighted by Crippen LogP contribution is -2.04. The lowest BCUT2D eigenvalue weighted by atomic mass is 10.0. The van der Waals surface area contributed by atoms with Gasteiger partial charge in [0.25, 0.3) is 0 Å². The van der Waals surface area contributed by atoms with E-state index in [0.29, 0.717) is 11.1 Å². The molecule has 0 atom stereocenters.